The summed E-state index contributed by atoms with van der Waals surface area (Å²) >= 11 is 0. The maximum atomic E-state index is 14.0. The van der Waals surface area contributed by atoms with E-state index >= 15 is 0 Å². The van der Waals surface area contributed by atoms with Crippen LogP contribution in [0.25, 0.3) is 28.0 Å². The molecule has 2 aromatic heterocycles. The number of aromatic amines is 1. The van der Waals surface area contributed by atoms with Gasteiger partial charge in [0, 0.05) is 18.1 Å². The number of nitrogens with one attached hydrogen (secondary N) is 3. The van der Waals surface area contributed by atoms with Crippen LogP contribution < -0.4 is 5.32 Å². The Morgan fingerprint density at radius 3 is 2.97 bits per heavy atom. The number of anilines is 1. The van der Waals surface area contributed by atoms with Crippen LogP contribution >= 0.6 is 0 Å². The van der Waals surface area contributed by atoms with Crippen LogP contribution in [0.1, 0.15) is 5.89 Å². The van der Waals surface area contributed by atoms with Crippen molar-refractivity contribution in [2.24, 2.45) is 5.11 Å². The predicted molar refractivity (Wildman–Crippen MR) is 103 cm³/mol. The largest absolute Gasteiger partial charge is 0.378 e. The van der Waals surface area contributed by atoms with E-state index in [1.165, 1.54) is 13.2 Å². The number of fused-ring (bicyclic) bond motifs is 1. The zero-order valence-electron chi connectivity index (χ0n) is 15.3. The molecule has 2 aromatic carbocycles. The molecule has 4 aromatic rings. The molecule has 0 fully saturated rings. The fourth-order valence-electron chi connectivity index (χ4n) is 2.80. The third kappa shape index (κ3) is 3.73. The second kappa shape index (κ2) is 7.98. The van der Waals surface area contributed by atoms with Crippen molar-refractivity contribution >= 4 is 22.3 Å². The predicted octanol–water partition coefficient (Wildman–Crippen LogP) is 4.21. The van der Waals surface area contributed by atoms with Crippen molar-refractivity contribution in [1.82, 2.24) is 20.3 Å². The van der Waals surface area contributed by atoms with Crippen molar-refractivity contribution in [2.45, 2.75) is 0 Å². The van der Waals surface area contributed by atoms with E-state index in [2.05, 4.69) is 30.8 Å². The molecule has 0 radical (unpaired) electrons. The van der Waals surface area contributed by atoms with Crippen molar-refractivity contribution in [1.29, 1.82) is 5.53 Å². The molecule has 0 aliphatic rings. The van der Waals surface area contributed by atoms with E-state index < -0.39 is 5.82 Å². The second-order valence-corrected chi connectivity index (χ2v) is 6.07. The number of hydrogen-bond acceptors (Lipinski definition) is 8. The van der Waals surface area contributed by atoms with Gasteiger partial charge in [-0.3, -0.25) is 5.10 Å². The van der Waals surface area contributed by atoms with Crippen LogP contribution in [-0.4, -0.2) is 34.1 Å². The minimum absolute atomic E-state index is 0.0122. The second-order valence-electron chi connectivity index (χ2n) is 6.07. The SMILES string of the molecule is COC/C(Nc1ccccc1F)=C(/N=N)c1nc(-c2ccc3[nH]ncc3c2)no1. The monoisotopic (exact) mass is 393 g/mol. The molecule has 4 rings (SSSR count). The molecule has 0 spiro atoms. The molecule has 0 aliphatic carbocycles. The first-order valence-corrected chi connectivity index (χ1v) is 8.58. The molecule has 0 atom stereocenters. The molecule has 0 amide bonds. The van der Waals surface area contributed by atoms with Gasteiger partial charge in [-0.05, 0) is 30.3 Å². The van der Waals surface area contributed by atoms with Crippen LogP contribution in [0.5, 0.6) is 0 Å². The number of nitrogens with zero attached hydrogens (tertiary/aromatic N) is 4. The summed E-state index contributed by atoms with van der Waals surface area (Å²) in [6, 6.07) is 11.7. The fourth-order valence-corrected chi connectivity index (χ4v) is 2.80. The van der Waals surface area contributed by atoms with Crippen LogP contribution in [0, 0.1) is 11.3 Å². The van der Waals surface area contributed by atoms with Crippen molar-refractivity contribution in [3.05, 3.63) is 66.1 Å². The first kappa shape index (κ1) is 18.4. The van der Waals surface area contributed by atoms with Gasteiger partial charge in [0.05, 0.1) is 29.7 Å². The molecule has 9 nitrogen and oxygen atoms in total. The molecule has 0 saturated heterocycles. The van der Waals surface area contributed by atoms with Gasteiger partial charge in [0.15, 0.2) is 5.70 Å². The Bertz CT molecular complexity index is 1200. The first-order valence-electron chi connectivity index (χ1n) is 8.58. The molecule has 0 bridgehead atoms. The Morgan fingerprint density at radius 2 is 2.17 bits per heavy atom. The number of aromatic nitrogens is 4. The highest BCUT2D eigenvalue weighted by atomic mass is 19.1. The first-order chi connectivity index (χ1) is 14.2. The van der Waals surface area contributed by atoms with E-state index in [0.29, 0.717) is 17.1 Å². The maximum absolute atomic E-state index is 14.0. The molecule has 0 aliphatic heterocycles. The van der Waals surface area contributed by atoms with Crippen LogP contribution in [0.15, 0.2) is 64.0 Å². The molecule has 146 valence electrons. The van der Waals surface area contributed by atoms with Gasteiger partial charge in [0.1, 0.15) is 5.82 Å². The molecule has 3 N–H and O–H groups in total. The van der Waals surface area contributed by atoms with E-state index in [1.807, 2.05) is 18.2 Å². The average molecular weight is 393 g/mol. The summed E-state index contributed by atoms with van der Waals surface area (Å²) in [5.74, 6) is -0.116. The Hall–Kier alpha value is -3.92. The smallest absolute Gasteiger partial charge is 0.280 e. The summed E-state index contributed by atoms with van der Waals surface area (Å²) in [5.41, 5.74) is 9.75. The number of hydrogen-bond donors (Lipinski definition) is 3. The summed E-state index contributed by atoms with van der Waals surface area (Å²) in [7, 11) is 1.48. The zero-order valence-corrected chi connectivity index (χ0v) is 15.3. The third-order valence-electron chi connectivity index (χ3n) is 4.17. The minimum atomic E-state index is -0.454. The lowest BCUT2D eigenvalue weighted by atomic mass is 10.1. The zero-order chi connectivity index (χ0) is 20.2. The van der Waals surface area contributed by atoms with Gasteiger partial charge in [0.2, 0.25) is 5.82 Å². The van der Waals surface area contributed by atoms with E-state index in [9.17, 15) is 4.39 Å². The molecule has 0 saturated carbocycles. The van der Waals surface area contributed by atoms with Crippen LogP contribution in [0.2, 0.25) is 0 Å². The maximum Gasteiger partial charge on any atom is 0.280 e. The van der Waals surface area contributed by atoms with E-state index in [-0.39, 0.29) is 23.9 Å². The van der Waals surface area contributed by atoms with Crippen molar-refractivity contribution in [3.8, 4) is 11.4 Å². The van der Waals surface area contributed by atoms with Gasteiger partial charge in [0.25, 0.3) is 5.89 Å². The summed E-state index contributed by atoms with van der Waals surface area (Å²) in [4.78, 5) is 4.34. The Morgan fingerprint density at radius 1 is 1.31 bits per heavy atom. The van der Waals surface area contributed by atoms with Gasteiger partial charge in [-0.1, -0.05) is 17.3 Å². The quantitative estimate of drug-likeness (QED) is 0.404. The van der Waals surface area contributed by atoms with Crippen molar-refractivity contribution < 1.29 is 13.7 Å². The summed E-state index contributed by atoms with van der Waals surface area (Å²) in [5, 5.41) is 18.1. The lowest BCUT2D eigenvalue weighted by molar-refractivity contribution is 0.226. The minimum Gasteiger partial charge on any atom is -0.378 e. The Balaban J connectivity index is 1.71. The standard InChI is InChI=1S/C19H16FN7O2/c1-28-10-16(23-15-5-3-2-4-13(15)20)17(25-21)19-24-18(27-29-19)11-6-7-14-12(8-11)9-22-26-14/h2-9,21,23H,10H2,1H3,(H,22,26)/b17-16-,25-21?. The van der Waals surface area contributed by atoms with Gasteiger partial charge in [-0.2, -0.15) is 15.2 Å². The molecular formula is C19H16FN7O2. The van der Waals surface area contributed by atoms with Gasteiger partial charge >= 0.3 is 0 Å². The molecular weight excluding hydrogens is 377 g/mol. The third-order valence-corrected chi connectivity index (χ3v) is 4.17. The molecule has 2 heterocycles. The number of methoxy groups -OCH3 is 1. The fraction of sp³-hybridized carbons (Fsp3) is 0.105. The van der Waals surface area contributed by atoms with Gasteiger partial charge < -0.3 is 14.6 Å². The molecule has 0 unspecified atom stereocenters. The highest BCUT2D eigenvalue weighted by Crippen LogP contribution is 2.26. The number of para-hydroxylation sites is 1. The Labute approximate surface area is 164 Å². The normalized spacial score (nSPS) is 12.1. The lowest BCUT2D eigenvalue weighted by Gasteiger charge is -2.12. The van der Waals surface area contributed by atoms with E-state index in [1.54, 1.807) is 24.4 Å². The van der Waals surface area contributed by atoms with Crippen LogP contribution in [-0.2, 0) is 4.74 Å². The van der Waals surface area contributed by atoms with Crippen LogP contribution in [0.4, 0.5) is 10.1 Å². The van der Waals surface area contributed by atoms with Crippen molar-refractivity contribution in [3.63, 3.8) is 0 Å². The summed E-state index contributed by atoms with van der Waals surface area (Å²) in [6.45, 7) is 0.0325. The highest BCUT2D eigenvalue weighted by molar-refractivity contribution is 5.82. The molecule has 10 heteroatoms. The number of benzene rings is 2. The summed E-state index contributed by atoms with van der Waals surface area (Å²) in [6.07, 6.45) is 1.69. The average Bonchev–Trinajstić information content (AvgIpc) is 3.39. The summed E-state index contributed by atoms with van der Waals surface area (Å²) < 4.78 is 24.5. The number of ether oxygens (including phenoxy) is 1. The van der Waals surface area contributed by atoms with Gasteiger partial charge in [-0.25, -0.2) is 9.92 Å². The highest BCUT2D eigenvalue weighted by Gasteiger charge is 2.19. The van der Waals surface area contributed by atoms with E-state index in [4.69, 9.17) is 14.8 Å². The van der Waals surface area contributed by atoms with Crippen LogP contribution in [0.3, 0.4) is 0 Å². The molecule has 29 heavy (non-hydrogen) atoms. The van der Waals surface area contributed by atoms with Crippen molar-refractivity contribution in [2.75, 3.05) is 19.0 Å². The van der Waals surface area contributed by atoms with Gasteiger partial charge in [-0.15, -0.1) is 0 Å². The Kier molecular flexibility index (Phi) is 5.08. The van der Waals surface area contributed by atoms with E-state index in [0.717, 1.165) is 10.9 Å². The topological polar surface area (TPSA) is 125 Å². The number of halogens is 1. The lowest BCUT2D eigenvalue weighted by Crippen LogP contribution is -2.10. The number of rotatable bonds is 7. The number of H-pyrrole nitrogens is 1.